The van der Waals surface area contributed by atoms with Crippen molar-refractivity contribution < 1.29 is 4.74 Å². The number of ether oxygens (including phenoxy) is 1. The van der Waals surface area contributed by atoms with Crippen LogP contribution < -0.4 is 10.1 Å². The van der Waals surface area contributed by atoms with Crippen molar-refractivity contribution in [1.29, 1.82) is 0 Å². The molecule has 0 fully saturated rings. The van der Waals surface area contributed by atoms with E-state index in [1.807, 2.05) is 18.2 Å². The van der Waals surface area contributed by atoms with Gasteiger partial charge in [0.15, 0.2) is 0 Å². The van der Waals surface area contributed by atoms with Crippen molar-refractivity contribution in [3.8, 4) is 5.75 Å². The Morgan fingerprint density at radius 3 is 2.76 bits per heavy atom. The molecule has 2 nitrogen and oxygen atoms in total. The number of rotatable bonds is 8. The molecule has 1 rings (SSSR count). The van der Waals surface area contributed by atoms with Gasteiger partial charge in [-0.2, -0.15) is 0 Å². The Bertz CT molecular complexity index is 312. The van der Waals surface area contributed by atoms with Crippen molar-refractivity contribution in [3.05, 3.63) is 24.3 Å². The maximum absolute atomic E-state index is 5.21. The average Bonchev–Trinajstić information content (AvgIpc) is 2.35. The van der Waals surface area contributed by atoms with Crippen molar-refractivity contribution >= 4 is 5.69 Å². The number of anilines is 1. The molecule has 0 amide bonds. The van der Waals surface area contributed by atoms with Crippen LogP contribution in [0.15, 0.2) is 24.3 Å². The minimum absolute atomic E-state index is 0.527. The molecule has 0 aliphatic heterocycles. The molecule has 0 bridgehead atoms. The summed E-state index contributed by atoms with van der Waals surface area (Å²) in [6.07, 6.45) is 6.55. The number of hydrogen-bond acceptors (Lipinski definition) is 2. The van der Waals surface area contributed by atoms with Crippen LogP contribution in [0.2, 0.25) is 0 Å². The van der Waals surface area contributed by atoms with Gasteiger partial charge < -0.3 is 10.1 Å². The van der Waals surface area contributed by atoms with Crippen molar-refractivity contribution in [2.75, 3.05) is 12.4 Å². The van der Waals surface area contributed by atoms with Crippen LogP contribution in [-0.2, 0) is 0 Å². The van der Waals surface area contributed by atoms with Crippen molar-refractivity contribution in [3.63, 3.8) is 0 Å². The molecule has 0 saturated carbocycles. The van der Waals surface area contributed by atoms with E-state index in [0.717, 1.165) is 11.4 Å². The summed E-state index contributed by atoms with van der Waals surface area (Å²) in [4.78, 5) is 0. The minimum Gasteiger partial charge on any atom is -0.497 e. The monoisotopic (exact) mass is 235 g/mol. The van der Waals surface area contributed by atoms with E-state index in [1.165, 1.54) is 32.1 Å². The Kier molecular flexibility index (Phi) is 6.53. The number of unbranched alkanes of at least 4 members (excludes halogenated alkanes) is 3. The molecule has 96 valence electrons. The Morgan fingerprint density at radius 2 is 2.06 bits per heavy atom. The SMILES string of the molecule is CCCCCC[C@H](C)Nc1cccc(OC)c1. The Balaban J connectivity index is 2.31. The highest BCUT2D eigenvalue weighted by Crippen LogP contribution is 2.18. The van der Waals surface area contributed by atoms with Crippen LogP contribution >= 0.6 is 0 Å². The molecule has 0 aliphatic rings. The highest BCUT2D eigenvalue weighted by molar-refractivity contribution is 5.48. The van der Waals surface area contributed by atoms with Crippen LogP contribution in [0, 0.1) is 0 Å². The quantitative estimate of drug-likeness (QED) is 0.671. The van der Waals surface area contributed by atoms with Gasteiger partial charge in [0.1, 0.15) is 5.75 Å². The summed E-state index contributed by atoms with van der Waals surface area (Å²) >= 11 is 0. The van der Waals surface area contributed by atoms with Gasteiger partial charge in [-0.3, -0.25) is 0 Å². The number of nitrogens with one attached hydrogen (secondary N) is 1. The Labute approximate surface area is 105 Å². The third-order valence-electron chi connectivity index (χ3n) is 2.97. The van der Waals surface area contributed by atoms with Gasteiger partial charge in [0.2, 0.25) is 0 Å². The fraction of sp³-hybridized carbons (Fsp3) is 0.600. The largest absolute Gasteiger partial charge is 0.497 e. The predicted octanol–water partition coefficient (Wildman–Crippen LogP) is 4.47. The standard InChI is InChI=1S/C15H25NO/c1-4-5-6-7-9-13(2)16-14-10-8-11-15(12-14)17-3/h8,10-13,16H,4-7,9H2,1-3H3/t13-/m0/s1. The van der Waals surface area contributed by atoms with Crippen molar-refractivity contribution in [2.24, 2.45) is 0 Å². The molecule has 0 saturated heterocycles. The second-order valence-electron chi connectivity index (χ2n) is 4.63. The number of hydrogen-bond donors (Lipinski definition) is 1. The Hall–Kier alpha value is -1.18. The zero-order valence-corrected chi connectivity index (χ0v) is 11.3. The maximum atomic E-state index is 5.21. The minimum atomic E-state index is 0.527. The Morgan fingerprint density at radius 1 is 1.24 bits per heavy atom. The topological polar surface area (TPSA) is 21.3 Å². The molecule has 2 heteroatoms. The molecule has 1 aromatic carbocycles. The van der Waals surface area contributed by atoms with E-state index in [2.05, 4.69) is 25.2 Å². The summed E-state index contributed by atoms with van der Waals surface area (Å²) in [5.74, 6) is 0.910. The molecule has 0 unspecified atom stereocenters. The lowest BCUT2D eigenvalue weighted by molar-refractivity contribution is 0.415. The van der Waals surface area contributed by atoms with Crippen LogP contribution in [0.1, 0.15) is 46.0 Å². The molecule has 0 spiro atoms. The van der Waals surface area contributed by atoms with E-state index < -0.39 is 0 Å². The first-order valence-corrected chi connectivity index (χ1v) is 6.67. The second kappa shape index (κ2) is 7.99. The van der Waals surface area contributed by atoms with Gasteiger partial charge >= 0.3 is 0 Å². The van der Waals surface area contributed by atoms with Crippen LogP contribution in [-0.4, -0.2) is 13.2 Å². The van der Waals surface area contributed by atoms with Crippen molar-refractivity contribution in [1.82, 2.24) is 0 Å². The predicted molar refractivity (Wildman–Crippen MR) is 74.8 cm³/mol. The van der Waals surface area contributed by atoms with Crippen LogP contribution in [0.5, 0.6) is 5.75 Å². The molecule has 1 atom stereocenters. The molecule has 0 aromatic heterocycles. The number of methoxy groups -OCH3 is 1. The molecule has 0 aliphatic carbocycles. The number of benzene rings is 1. The fourth-order valence-corrected chi connectivity index (χ4v) is 1.95. The lowest BCUT2D eigenvalue weighted by atomic mass is 10.1. The van der Waals surface area contributed by atoms with Gasteiger partial charge in [0.25, 0.3) is 0 Å². The highest BCUT2D eigenvalue weighted by atomic mass is 16.5. The summed E-state index contributed by atoms with van der Waals surface area (Å²) < 4.78 is 5.21. The summed E-state index contributed by atoms with van der Waals surface area (Å²) in [5.41, 5.74) is 1.15. The molecular formula is C15H25NO. The van der Waals surface area contributed by atoms with Gasteiger partial charge in [-0.25, -0.2) is 0 Å². The normalized spacial score (nSPS) is 12.2. The van der Waals surface area contributed by atoms with Crippen LogP contribution in [0.4, 0.5) is 5.69 Å². The van der Waals surface area contributed by atoms with E-state index in [1.54, 1.807) is 7.11 Å². The fourth-order valence-electron chi connectivity index (χ4n) is 1.95. The van der Waals surface area contributed by atoms with E-state index in [0.29, 0.717) is 6.04 Å². The molecular weight excluding hydrogens is 210 g/mol. The van der Waals surface area contributed by atoms with E-state index in [9.17, 15) is 0 Å². The van der Waals surface area contributed by atoms with Gasteiger partial charge in [0, 0.05) is 17.8 Å². The van der Waals surface area contributed by atoms with E-state index in [4.69, 9.17) is 4.74 Å². The molecule has 0 radical (unpaired) electrons. The first-order chi connectivity index (χ1) is 8.26. The zero-order chi connectivity index (χ0) is 12.5. The summed E-state index contributed by atoms with van der Waals surface area (Å²) in [7, 11) is 1.70. The molecule has 17 heavy (non-hydrogen) atoms. The maximum Gasteiger partial charge on any atom is 0.120 e. The van der Waals surface area contributed by atoms with Crippen LogP contribution in [0.25, 0.3) is 0 Å². The molecule has 0 heterocycles. The van der Waals surface area contributed by atoms with Crippen LogP contribution in [0.3, 0.4) is 0 Å². The zero-order valence-electron chi connectivity index (χ0n) is 11.3. The van der Waals surface area contributed by atoms with Gasteiger partial charge in [0.05, 0.1) is 7.11 Å². The van der Waals surface area contributed by atoms with Gasteiger partial charge in [-0.05, 0) is 25.5 Å². The third kappa shape index (κ3) is 5.62. The van der Waals surface area contributed by atoms with Gasteiger partial charge in [-0.1, -0.05) is 38.7 Å². The van der Waals surface area contributed by atoms with Crippen molar-refractivity contribution in [2.45, 2.75) is 52.0 Å². The lowest BCUT2D eigenvalue weighted by Gasteiger charge is -2.15. The first kappa shape index (κ1) is 13.9. The summed E-state index contributed by atoms with van der Waals surface area (Å²) in [6, 6.07) is 8.65. The van der Waals surface area contributed by atoms with E-state index >= 15 is 0 Å². The second-order valence-corrected chi connectivity index (χ2v) is 4.63. The summed E-state index contributed by atoms with van der Waals surface area (Å²) in [5, 5.41) is 3.51. The third-order valence-corrected chi connectivity index (χ3v) is 2.97. The first-order valence-electron chi connectivity index (χ1n) is 6.67. The van der Waals surface area contributed by atoms with E-state index in [-0.39, 0.29) is 0 Å². The smallest absolute Gasteiger partial charge is 0.120 e. The molecule has 1 N–H and O–H groups in total. The van der Waals surface area contributed by atoms with Gasteiger partial charge in [-0.15, -0.1) is 0 Å². The lowest BCUT2D eigenvalue weighted by Crippen LogP contribution is -2.14. The average molecular weight is 235 g/mol. The summed E-state index contributed by atoms with van der Waals surface area (Å²) in [6.45, 7) is 4.49. The highest BCUT2D eigenvalue weighted by Gasteiger charge is 2.02. The molecule has 1 aromatic rings.